The van der Waals surface area contributed by atoms with E-state index in [-0.39, 0.29) is 19.1 Å². The number of hydrazine groups is 1. The van der Waals surface area contributed by atoms with Crippen molar-refractivity contribution in [3.8, 4) is 0 Å². The highest BCUT2D eigenvalue weighted by atomic mass is 16.3. The summed E-state index contributed by atoms with van der Waals surface area (Å²) in [5.41, 5.74) is 0.426. The molecule has 0 fully saturated rings. The lowest BCUT2D eigenvalue weighted by Crippen LogP contribution is -2.50. The summed E-state index contributed by atoms with van der Waals surface area (Å²) in [7, 11) is 0. The minimum Gasteiger partial charge on any atom is -0.396 e. The smallest absolute Gasteiger partial charge is 0.272 e. The van der Waals surface area contributed by atoms with Crippen LogP contribution >= 0.6 is 0 Å². The molecule has 6 nitrogen and oxygen atoms in total. The van der Waals surface area contributed by atoms with E-state index >= 15 is 0 Å². The van der Waals surface area contributed by atoms with Crippen molar-refractivity contribution in [3.05, 3.63) is 48.0 Å². The molecule has 23 heavy (non-hydrogen) atoms. The summed E-state index contributed by atoms with van der Waals surface area (Å²) in [6.07, 6.45) is 5.33. The van der Waals surface area contributed by atoms with Gasteiger partial charge in [-0.15, -0.1) is 0 Å². The van der Waals surface area contributed by atoms with Crippen LogP contribution in [0.3, 0.4) is 0 Å². The van der Waals surface area contributed by atoms with Gasteiger partial charge in [0.2, 0.25) is 0 Å². The Labute approximate surface area is 135 Å². The first-order chi connectivity index (χ1) is 11.1. The number of aliphatic hydroxyl groups excluding tert-OH is 1. The van der Waals surface area contributed by atoms with Crippen molar-refractivity contribution in [1.29, 1.82) is 0 Å². The van der Waals surface area contributed by atoms with Crippen molar-refractivity contribution < 1.29 is 19.5 Å². The molecule has 0 saturated carbocycles. The first-order valence-electron chi connectivity index (χ1n) is 7.69. The van der Waals surface area contributed by atoms with Crippen molar-refractivity contribution in [1.82, 2.24) is 10.0 Å². The summed E-state index contributed by atoms with van der Waals surface area (Å²) in [6.45, 7) is 0.415. The highest BCUT2D eigenvalue weighted by molar-refractivity contribution is 6.14. The summed E-state index contributed by atoms with van der Waals surface area (Å²) in [5, 5.41) is 10.9. The fourth-order valence-electron chi connectivity index (χ4n) is 2.38. The average Bonchev–Trinajstić information content (AvgIpc) is 2.90. The van der Waals surface area contributed by atoms with Crippen LogP contribution in [0.1, 0.15) is 36.0 Å². The average molecular weight is 316 g/mol. The second kappa shape index (κ2) is 8.24. The van der Waals surface area contributed by atoms with E-state index in [9.17, 15) is 14.4 Å². The standard InChI is InChI=1S/C17H20N2O4/c20-13-7-2-1-6-12-18(19-15(21)10-11-16(19)22)17(23)14-8-4-3-5-9-14/h3-5,8-11,20H,1-2,6-7,12-13H2. The SMILES string of the molecule is O=C(c1ccccc1)N(CCCCCCO)N1C(=O)C=CC1=O. The molecular formula is C17H20N2O4. The molecule has 0 saturated heterocycles. The second-order valence-electron chi connectivity index (χ2n) is 5.25. The van der Waals surface area contributed by atoms with E-state index in [0.717, 1.165) is 17.9 Å². The lowest BCUT2D eigenvalue weighted by Gasteiger charge is -2.30. The van der Waals surface area contributed by atoms with Crippen molar-refractivity contribution in [2.75, 3.05) is 13.2 Å². The molecule has 0 aliphatic carbocycles. The largest absolute Gasteiger partial charge is 0.396 e. The molecule has 0 bridgehead atoms. The van der Waals surface area contributed by atoms with E-state index in [1.54, 1.807) is 30.3 Å². The molecule has 1 aliphatic rings. The Hall–Kier alpha value is -2.47. The van der Waals surface area contributed by atoms with E-state index in [0.29, 0.717) is 18.4 Å². The molecule has 1 aliphatic heterocycles. The number of amides is 3. The number of hydrogen-bond acceptors (Lipinski definition) is 4. The monoisotopic (exact) mass is 316 g/mol. The van der Waals surface area contributed by atoms with Gasteiger partial charge in [-0.1, -0.05) is 31.0 Å². The van der Waals surface area contributed by atoms with Crippen LogP contribution in [0, 0.1) is 0 Å². The molecule has 1 aromatic carbocycles. The Morgan fingerprint density at radius 1 is 0.957 bits per heavy atom. The van der Waals surface area contributed by atoms with Gasteiger partial charge >= 0.3 is 0 Å². The normalized spacial score (nSPS) is 13.7. The molecule has 1 heterocycles. The second-order valence-corrected chi connectivity index (χ2v) is 5.25. The predicted octanol–water partition coefficient (Wildman–Crippen LogP) is 1.52. The maximum Gasteiger partial charge on any atom is 0.272 e. The maximum absolute atomic E-state index is 12.7. The minimum atomic E-state index is -0.505. The Kier molecular flexibility index (Phi) is 6.05. The van der Waals surface area contributed by atoms with E-state index < -0.39 is 11.8 Å². The van der Waals surface area contributed by atoms with Gasteiger partial charge in [0.25, 0.3) is 17.7 Å². The summed E-state index contributed by atoms with van der Waals surface area (Å²) in [6, 6.07) is 8.57. The van der Waals surface area contributed by atoms with Crippen molar-refractivity contribution in [3.63, 3.8) is 0 Å². The number of benzene rings is 1. The summed E-state index contributed by atoms with van der Waals surface area (Å²) in [4.78, 5) is 36.4. The quantitative estimate of drug-likeness (QED) is 0.583. The Bertz CT molecular complexity index is 580. The lowest BCUT2D eigenvalue weighted by atomic mass is 10.1. The number of carbonyl (C=O) groups excluding carboxylic acids is 3. The predicted molar refractivity (Wildman–Crippen MR) is 84.0 cm³/mol. The maximum atomic E-state index is 12.7. The van der Waals surface area contributed by atoms with Gasteiger partial charge in [-0.3, -0.25) is 14.4 Å². The first-order valence-corrected chi connectivity index (χ1v) is 7.69. The number of nitrogens with zero attached hydrogens (tertiary/aromatic N) is 2. The molecule has 2 rings (SSSR count). The zero-order valence-corrected chi connectivity index (χ0v) is 12.9. The zero-order chi connectivity index (χ0) is 16.7. The zero-order valence-electron chi connectivity index (χ0n) is 12.9. The number of unbranched alkanes of at least 4 members (excludes halogenated alkanes) is 3. The molecule has 0 aromatic heterocycles. The topological polar surface area (TPSA) is 77.9 Å². The molecule has 6 heteroatoms. The van der Waals surface area contributed by atoms with Crippen LogP contribution in [0.2, 0.25) is 0 Å². The molecule has 1 aromatic rings. The van der Waals surface area contributed by atoms with Crippen LogP contribution in [0.5, 0.6) is 0 Å². The third kappa shape index (κ3) is 4.26. The Balaban J connectivity index is 2.10. The van der Waals surface area contributed by atoms with Crippen molar-refractivity contribution >= 4 is 17.7 Å². The van der Waals surface area contributed by atoms with Crippen LogP contribution in [0.4, 0.5) is 0 Å². The number of aliphatic hydroxyl groups is 1. The molecular weight excluding hydrogens is 296 g/mol. The molecule has 0 atom stereocenters. The van der Waals surface area contributed by atoms with Gasteiger partial charge in [0.05, 0.1) is 0 Å². The van der Waals surface area contributed by atoms with E-state index in [1.807, 2.05) is 0 Å². The number of hydrogen-bond donors (Lipinski definition) is 1. The van der Waals surface area contributed by atoms with E-state index in [1.165, 1.54) is 17.2 Å². The van der Waals surface area contributed by atoms with Crippen molar-refractivity contribution in [2.45, 2.75) is 25.7 Å². The summed E-state index contributed by atoms with van der Waals surface area (Å²) in [5.74, 6) is -1.39. The highest BCUT2D eigenvalue weighted by Crippen LogP contribution is 2.15. The van der Waals surface area contributed by atoms with Gasteiger partial charge in [0.15, 0.2) is 0 Å². The Morgan fingerprint density at radius 3 is 2.17 bits per heavy atom. The lowest BCUT2D eigenvalue weighted by molar-refractivity contribution is -0.151. The molecule has 0 spiro atoms. The van der Waals surface area contributed by atoms with E-state index in [2.05, 4.69) is 0 Å². The van der Waals surface area contributed by atoms with Crippen LogP contribution in [0.15, 0.2) is 42.5 Å². The fourth-order valence-corrected chi connectivity index (χ4v) is 2.38. The minimum absolute atomic E-state index is 0.139. The molecule has 0 unspecified atom stereocenters. The van der Waals surface area contributed by atoms with Crippen LogP contribution < -0.4 is 0 Å². The number of rotatable bonds is 8. The molecule has 122 valence electrons. The van der Waals surface area contributed by atoms with Crippen LogP contribution in [-0.2, 0) is 9.59 Å². The Morgan fingerprint density at radius 2 is 1.57 bits per heavy atom. The van der Waals surface area contributed by atoms with Gasteiger partial charge in [-0.2, -0.15) is 5.01 Å². The number of carbonyl (C=O) groups is 3. The third-order valence-electron chi connectivity index (χ3n) is 3.56. The third-order valence-corrected chi connectivity index (χ3v) is 3.56. The van der Waals surface area contributed by atoms with Gasteiger partial charge in [-0.25, -0.2) is 5.01 Å². The van der Waals surface area contributed by atoms with Gasteiger partial charge in [-0.05, 0) is 25.0 Å². The number of imide groups is 1. The van der Waals surface area contributed by atoms with Gasteiger partial charge in [0.1, 0.15) is 0 Å². The summed E-state index contributed by atoms with van der Waals surface area (Å²) < 4.78 is 0. The van der Waals surface area contributed by atoms with Crippen molar-refractivity contribution in [2.24, 2.45) is 0 Å². The van der Waals surface area contributed by atoms with Gasteiger partial charge < -0.3 is 5.11 Å². The molecule has 1 N–H and O–H groups in total. The molecule has 0 radical (unpaired) electrons. The van der Waals surface area contributed by atoms with Crippen LogP contribution in [0.25, 0.3) is 0 Å². The summed E-state index contributed by atoms with van der Waals surface area (Å²) >= 11 is 0. The highest BCUT2D eigenvalue weighted by Gasteiger charge is 2.33. The first kappa shape index (κ1) is 16.9. The van der Waals surface area contributed by atoms with E-state index in [4.69, 9.17) is 5.11 Å². The fraction of sp³-hybridized carbons (Fsp3) is 0.353. The van der Waals surface area contributed by atoms with Gasteiger partial charge in [0, 0.05) is 30.9 Å². The van der Waals surface area contributed by atoms with Crippen LogP contribution in [-0.4, -0.2) is 46.0 Å². The molecule has 3 amide bonds.